The summed E-state index contributed by atoms with van der Waals surface area (Å²) in [6.45, 7) is 3.84. The Morgan fingerprint density at radius 1 is 1.43 bits per heavy atom. The maximum absolute atomic E-state index is 12.5. The first-order valence-corrected chi connectivity index (χ1v) is 7.93. The molecule has 0 unspecified atom stereocenters. The highest BCUT2D eigenvalue weighted by Gasteiger charge is 2.22. The number of allylic oxidation sites excluding steroid dienone is 1. The van der Waals surface area contributed by atoms with E-state index in [1.165, 1.54) is 17.6 Å². The molecule has 3 N–H and O–H groups in total. The Balaban J connectivity index is 2.12. The summed E-state index contributed by atoms with van der Waals surface area (Å²) in [5.41, 5.74) is 6.76. The topological polar surface area (TPSA) is 73.4 Å². The van der Waals surface area contributed by atoms with Crippen LogP contribution in [0.3, 0.4) is 0 Å². The van der Waals surface area contributed by atoms with Crippen LogP contribution in [0.2, 0.25) is 0 Å². The Labute approximate surface area is 129 Å². The maximum Gasteiger partial charge on any atom is 0.264 e. The van der Waals surface area contributed by atoms with Gasteiger partial charge in [-0.25, -0.2) is 0 Å². The molecule has 5 nitrogen and oxygen atoms in total. The van der Waals surface area contributed by atoms with Gasteiger partial charge in [-0.1, -0.05) is 6.08 Å². The van der Waals surface area contributed by atoms with Crippen LogP contribution in [0.15, 0.2) is 12.1 Å². The molecule has 2 rings (SSSR count). The highest BCUT2D eigenvalue weighted by atomic mass is 32.1. The molecule has 0 atom stereocenters. The third-order valence-corrected chi connectivity index (χ3v) is 4.72. The normalized spacial score (nSPS) is 16.6. The summed E-state index contributed by atoms with van der Waals surface area (Å²) >= 11 is 1.49. The molecule has 1 fully saturated rings. The largest absolute Gasteiger partial charge is 0.335 e. The minimum absolute atomic E-state index is 0.106. The van der Waals surface area contributed by atoms with Crippen LogP contribution in [0.25, 0.3) is 6.08 Å². The van der Waals surface area contributed by atoms with E-state index >= 15 is 0 Å². The summed E-state index contributed by atoms with van der Waals surface area (Å²) in [6.07, 6.45) is 5.83. The number of amides is 1. The second kappa shape index (κ2) is 7.49. The molecular weight excluding hydrogens is 284 g/mol. The summed E-state index contributed by atoms with van der Waals surface area (Å²) < 4.78 is 0. The van der Waals surface area contributed by atoms with Gasteiger partial charge in [0, 0.05) is 44.0 Å². The molecule has 114 valence electrons. The number of nitrogens with two attached hydrogens (primary N) is 1. The van der Waals surface area contributed by atoms with Crippen molar-refractivity contribution in [3.8, 4) is 0 Å². The Morgan fingerprint density at radius 2 is 2.14 bits per heavy atom. The maximum atomic E-state index is 12.5. The van der Waals surface area contributed by atoms with Gasteiger partial charge in [-0.15, -0.1) is 11.3 Å². The molecule has 1 aromatic rings. The van der Waals surface area contributed by atoms with Gasteiger partial charge in [-0.3, -0.25) is 4.79 Å². The van der Waals surface area contributed by atoms with Gasteiger partial charge in [0.1, 0.15) is 0 Å². The van der Waals surface area contributed by atoms with Crippen molar-refractivity contribution in [3.05, 3.63) is 27.5 Å². The molecule has 1 saturated heterocycles. The quantitative estimate of drug-likeness (QED) is 0.812. The predicted octanol–water partition coefficient (Wildman–Crippen LogP) is 1.65. The first-order valence-electron chi connectivity index (χ1n) is 7.11. The number of carbonyl (C=O) groups is 1. The van der Waals surface area contributed by atoms with Crippen LogP contribution >= 0.6 is 11.3 Å². The minimum Gasteiger partial charge on any atom is -0.335 e. The second-order valence-corrected chi connectivity index (χ2v) is 6.23. The van der Waals surface area contributed by atoms with Gasteiger partial charge in [0.15, 0.2) is 0 Å². The lowest BCUT2D eigenvalue weighted by Gasteiger charge is -2.32. The number of nitrogens with zero attached hydrogens (tertiary/aromatic N) is 2. The van der Waals surface area contributed by atoms with E-state index in [9.17, 15) is 4.79 Å². The van der Waals surface area contributed by atoms with E-state index < -0.39 is 0 Å². The standard InChI is InChI=1S/C15H22N4OS/c1-18-6-8-19(9-7-18)15(20)14-10-12(11-17)13(21-14)4-2-3-5-16/h2,4-5,10,16H,3,6-9,11,17H2,1H3/b4-2-,16-5?. The Morgan fingerprint density at radius 3 is 2.76 bits per heavy atom. The smallest absolute Gasteiger partial charge is 0.264 e. The summed E-state index contributed by atoms with van der Waals surface area (Å²) in [6, 6.07) is 1.91. The molecule has 2 heterocycles. The van der Waals surface area contributed by atoms with Crippen LogP contribution in [-0.4, -0.2) is 55.1 Å². The van der Waals surface area contributed by atoms with Crippen molar-refractivity contribution in [2.24, 2.45) is 5.73 Å². The summed E-state index contributed by atoms with van der Waals surface area (Å²) in [5, 5.41) is 7.03. The highest BCUT2D eigenvalue weighted by molar-refractivity contribution is 7.15. The predicted molar refractivity (Wildman–Crippen MR) is 88.0 cm³/mol. The van der Waals surface area contributed by atoms with Crippen molar-refractivity contribution in [2.45, 2.75) is 13.0 Å². The van der Waals surface area contributed by atoms with Crippen molar-refractivity contribution in [1.82, 2.24) is 9.80 Å². The third kappa shape index (κ3) is 4.00. The molecule has 0 radical (unpaired) electrons. The van der Waals surface area contributed by atoms with E-state index in [1.807, 2.05) is 23.1 Å². The van der Waals surface area contributed by atoms with Gasteiger partial charge in [-0.05, 0) is 31.0 Å². The molecule has 1 aliphatic rings. The molecule has 0 saturated carbocycles. The number of thiophene rings is 1. The van der Waals surface area contributed by atoms with Gasteiger partial charge in [0.25, 0.3) is 5.91 Å². The SMILES string of the molecule is CN1CCN(C(=O)c2cc(CN)c(/C=C\CC=N)s2)CC1. The molecule has 6 heteroatoms. The molecule has 1 amide bonds. The lowest BCUT2D eigenvalue weighted by atomic mass is 10.2. The number of rotatable bonds is 5. The Kier molecular flexibility index (Phi) is 5.67. The van der Waals surface area contributed by atoms with Crippen molar-refractivity contribution in [2.75, 3.05) is 33.2 Å². The molecule has 0 aromatic carbocycles. The first kappa shape index (κ1) is 15.9. The van der Waals surface area contributed by atoms with E-state index in [0.29, 0.717) is 13.0 Å². The van der Waals surface area contributed by atoms with Crippen LogP contribution in [0.5, 0.6) is 0 Å². The van der Waals surface area contributed by atoms with Crippen LogP contribution in [0.1, 0.15) is 26.5 Å². The average Bonchev–Trinajstić information content (AvgIpc) is 2.91. The average molecular weight is 306 g/mol. The van der Waals surface area contributed by atoms with Crippen LogP contribution < -0.4 is 5.73 Å². The van der Waals surface area contributed by atoms with E-state index in [4.69, 9.17) is 11.1 Å². The fourth-order valence-corrected chi connectivity index (χ4v) is 3.35. The van der Waals surface area contributed by atoms with Gasteiger partial charge >= 0.3 is 0 Å². The first-order chi connectivity index (χ1) is 10.2. The van der Waals surface area contributed by atoms with Crippen molar-refractivity contribution in [3.63, 3.8) is 0 Å². The monoisotopic (exact) mass is 306 g/mol. The van der Waals surface area contributed by atoms with E-state index in [0.717, 1.165) is 41.5 Å². The van der Waals surface area contributed by atoms with Crippen molar-refractivity contribution >= 4 is 29.5 Å². The lowest BCUT2D eigenvalue weighted by Crippen LogP contribution is -2.46. The van der Waals surface area contributed by atoms with Gasteiger partial charge in [0.2, 0.25) is 0 Å². The molecule has 0 bridgehead atoms. The molecular formula is C15H22N4OS. The van der Waals surface area contributed by atoms with Gasteiger partial charge < -0.3 is 20.9 Å². The summed E-state index contributed by atoms with van der Waals surface area (Å²) in [5.74, 6) is 0.106. The Hall–Kier alpha value is -1.50. The van der Waals surface area contributed by atoms with Crippen molar-refractivity contribution in [1.29, 1.82) is 5.41 Å². The highest BCUT2D eigenvalue weighted by Crippen LogP contribution is 2.25. The molecule has 1 aromatic heterocycles. The van der Waals surface area contributed by atoms with Gasteiger partial charge in [0.05, 0.1) is 4.88 Å². The molecule has 1 aliphatic heterocycles. The summed E-state index contributed by atoms with van der Waals surface area (Å²) in [7, 11) is 2.08. The number of piperazine rings is 1. The number of carbonyl (C=O) groups excluding carboxylic acids is 1. The van der Waals surface area contributed by atoms with Crippen molar-refractivity contribution < 1.29 is 4.79 Å². The van der Waals surface area contributed by atoms with Crippen LogP contribution in [0, 0.1) is 5.41 Å². The number of hydrogen-bond donors (Lipinski definition) is 2. The molecule has 0 spiro atoms. The zero-order valence-electron chi connectivity index (χ0n) is 12.3. The van der Waals surface area contributed by atoms with Crippen LogP contribution in [-0.2, 0) is 6.54 Å². The van der Waals surface area contributed by atoms with E-state index in [2.05, 4.69) is 11.9 Å². The number of nitrogens with one attached hydrogen (secondary N) is 1. The lowest BCUT2D eigenvalue weighted by molar-refractivity contribution is 0.0669. The number of hydrogen-bond acceptors (Lipinski definition) is 5. The molecule has 21 heavy (non-hydrogen) atoms. The molecule has 0 aliphatic carbocycles. The zero-order valence-corrected chi connectivity index (χ0v) is 13.2. The van der Waals surface area contributed by atoms with Crippen LogP contribution in [0.4, 0.5) is 0 Å². The van der Waals surface area contributed by atoms with E-state index in [1.54, 1.807) is 0 Å². The Bertz CT molecular complexity index is 530. The zero-order chi connectivity index (χ0) is 15.2. The third-order valence-electron chi connectivity index (χ3n) is 3.59. The fraction of sp³-hybridized carbons (Fsp3) is 0.467. The fourth-order valence-electron chi connectivity index (χ4n) is 2.26. The number of likely N-dealkylation sites (N-methyl/N-ethyl adjacent to an activating group) is 1. The van der Waals surface area contributed by atoms with E-state index in [-0.39, 0.29) is 5.91 Å². The second-order valence-electron chi connectivity index (χ2n) is 5.14. The summed E-state index contributed by atoms with van der Waals surface area (Å²) in [4.78, 5) is 18.5. The minimum atomic E-state index is 0.106. The van der Waals surface area contributed by atoms with Gasteiger partial charge in [-0.2, -0.15) is 0 Å².